The van der Waals surface area contributed by atoms with E-state index in [9.17, 15) is 18.0 Å². The van der Waals surface area contributed by atoms with Gasteiger partial charge in [0.1, 0.15) is 22.6 Å². The molecule has 1 rings (SSSR count). The Bertz CT molecular complexity index is 503. The van der Waals surface area contributed by atoms with Crippen LogP contribution in [-0.4, -0.2) is 39.4 Å². The summed E-state index contributed by atoms with van der Waals surface area (Å²) in [5.74, 6) is 0.379. The average Bonchev–Trinajstić information content (AvgIpc) is 2.41. The van der Waals surface area contributed by atoms with Crippen LogP contribution in [-0.2, 0) is 4.74 Å². The third-order valence-corrected chi connectivity index (χ3v) is 3.28. The summed E-state index contributed by atoms with van der Waals surface area (Å²) in [6.45, 7) is -1.69. The molecule has 8 heteroatoms. The molecule has 0 aliphatic rings. The first-order chi connectivity index (χ1) is 9.80. The normalized spacial score (nSPS) is 11.3. The topological polar surface area (TPSA) is 44.8 Å². The Labute approximate surface area is 128 Å². The molecular weight excluding hydrogens is 357 g/mol. The van der Waals surface area contributed by atoms with Gasteiger partial charge in [0, 0.05) is 6.42 Å². The maximum atomic E-state index is 12.0. The number of Topliss-reactive ketones (excluding diaryl/α,β-unsaturated/α-hetero) is 1. The second kappa shape index (κ2) is 7.65. The van der Waals surface area contributed by atoms with E-state index in [1.54, 1.807) is 6.07 Å². The van der Waals surface area contributed by atoms with Crippen molar-refractivity contribution in [3.05, 3.63) is 22.2 Å². The first-order valence-electron chi connectivity index (χ1n) is 5.88. The Morgan fingerprint density at radius 2 is 1.90 bits per heavy atom. The van der Waals surface area contributed by atoms with Crippen molar-refractivity contribution < 1.29 is 32.2 Å². The highest BCUT2D eigenvalue weighted by Gasteiger charge is 2.27. The van der Waals surface area contributed by atoms with Gasteiger partial charge in [-0.2, -0.15) is 13.2 Å². The van der Waals surface area contributed by atoms with Crippen LogP contribution in [0.3, 0.4) is 0 Å². The monoisotopic (exact) mass is 370 g/mol. The number of ketones is 1. The van der Waals surface area contributed by atoms with Crippen LogP contribution in [0.5, 0.6) is 11.5 Å². The molecule has 0 spiro atoms. The van der Waals surface area contributed by atoms with Crippen molar-refractivity contribution in [3.8, 4) is 11.5 Å². The zero-order valence-electron chi connectivity index (χ0n) is 11.4. The fourth-order valence-electron chi connectivity index (χ4n) is 1.60. The van der Waals surface area contributed by atoms with Gasteiger partial charge in [-0.1, -0.05) is 0 Å². The fourth-order valence-corrected chi connectivity index (χ4v) is 2.27. The maximum Gasteiger partial charge on any atom is 0.411 e. The molecule has 0 atom stereocenters. The van der Waals surface area contributed by atoms with Crippen molar-refractivity contribution in [1.29, 1.82) is 0 Å². The largest absolute Gasteiger partial charge is 0.495 e. The summed E-state index contributed by atoms with van der Waals surface area (Å²) in [4.78, 5) is 12.0. The van der Waals surface area contributed by atoms with Crippen LogP contribution in [0.2, 0.25) is 0 Å². The van der Waals surface area contributed by atoms with Gasteiger partial charge in [-0.05, 0) is 28.1 Å². The van der Waals surface area contributed by atoms with Crippen LogP contribution in [0.4, 0.5) is 13.2 Å². The predicted octanol–water partition coefficient (Wildman–Crippen LogP) is 3.62. The number of halogens is 4. The summed E-state index contributed by atoms with van der Waals surface area (Å²) in [6, 6.07) is 3.06. The number of methoxy groups -OCH3 is 2. The molecule has 21 heavy (non-hydrogen) atoms. The summed E-state index contributed by atoms with van der Waals surface area (Å²) >= 11 is 3.25. The highest BCUT2D eigenvalue weighted by molar-refractivity contribution is 9.10. The predicted molar refractivity (Wildman–Crippen MR) is 73.1 cm³/mol. The van der Waals surface area contributed by atoms with Crippen molar-refractivity contribution in [3.63, 3.8) is 0 Å². The van der Waals surface area contributed by atoms with Crippen molar-refractivity contribution in [2.45, 2.75) is 12.6 Å². The molecule has 0 aromatic heterocycles. The van der Waals surface area contributed by atoms with Gasteiger partial charge in [0.15, 0.2) is 5.78 Å². The van der Waals surface area contributed by atoms with Crippen LogP contribution in [0, 0.1) is 0 Å². The Morgan fingerprint density at radius 1 is 1.24 bits per heavy atom. The summed E-state index contributed by atoms with van der Waals surface area (Å²) < 4.78 is 50.8. The number of carbonyl (C=O) groups excluding carboxylic acids is 1. The second-order valence-corrected chi connectivity index (χ2v) is 4.80. The molecule has 0 unspecified atom stereocenters. The van der Waals surface area contributed by atoms with Gasteiger partial charge < -0.3 is 14.2 Å². The van der Waals surface area contributed by atoms with E-state index in [0.29, 0.717) is 10.2 Å². The third-order valence-electron chi connectivity index (χ3n) is 2.53. The SMILES string of the molecule is COc1ccc(C(=O)CCOCC(F)(F)F)c(OC)c1Br. The zero-order valence-corrected chi connectivity index (χ0v) is 13.0. The van der Waals surface area contributed by atoms with Crippen molar-refractivity contribution in [2.75, 3.05) is 27.4 Å². The number of alkyl halides is 3. The van der Waals surface area contributed by atoms with E-state index in [4.69, 9.17) is 9.47 Å². The number of hydrogen-bond donors (Lipinski definition) is 0. The fraction of sp³-hybridized carbons (Fsp3) is 0.462. The van der Waals surface area contributed by atoms with E-state index < -0.39 is 12.8 Å². The van der Waals surface area contributed by atoms with Crippen LogP contribution in [0.15, 0.2) is 16.6 Å². The molecule has 0 aliphatic carbocycles. The van der Waals surface area contributed by atoms with Gasteiger partial charge in [-0.3, -0.25) is 4.79 Å². The van der Waals surface area contributed by atoms with Crippen LogP contribution < -0.4 is 9.47 Å². The van der Waals surface area contributed by atoms with E-state index in [2.05, 4.69) is 20.7 Å². The Kier molecular flexibility index (Phi) is 6.47. The van der Waals surface area contributed by atoms with E-state index >= 15 is 0 Å². The third kappa shape index (κ3) is 5.20. The Hall–Kier alpha value is -1.28. The van der Waals surface area contributed by atoms with E-state index in [-0.39, 0.29) is 30.1 Å². The van der Waals surface area contributed by atoms with Gasteiger partial charge >= 0.3 is 6.18 Å². The molecular formula is C13H14BrF3O4. The van der Waals surface area contributed by atoms with E-state index in [1.807, 2.05) is 0 Å². The Balaban J connectivity index is 2.72. The van der Waals surface area contributed by atoms with Crippen LogP contribution in [0.25, 0.3) is 0 Å². The molecule has 0 amide bonds. The first kappa shape index (κ1) is 17.8. The molecule has 4 nitrogen and oxygen atoms in total. The summed E-state index contributed by atoms with van der Waals surface area (Å²) in [6.07, 6.45) is -4.57. The maximum absolute atomic E-state index is 12.0. The van der Waals surface area contributed by atoms with E-state index in [0.717, 1.165) is 0 Å². The molecule has 0 fully saturated rings. The quantitative estimate of drug-likeness (QED) is 0.543. The van der Waals surface area contributed by atoms with Gasteiger partial charge in [0.05, 0.1) is 26.4 Å². The average molecular weight is 371 g/mol. The molecule has 1 aromatic carbocycles. The lowest BCUT2D eigenvalue weighted by Crippen LogP contribution is -2.18. The number of rotatable bonds is 7. The van der Waals surface area contributed by atoms with Crippen LogP contribution in [0.1, 0.15) is 16.8 Å². The minimum absolute atomic E-state index is 0.175. The molecule has 0 radical (unpaired) electrons. The molecule has 0 saturated heterocycles. The first-order valence-corrected chi connectivity index (χ1v) is 6.67. The van der Waals surface area contributed by atoms with Gasteiger partial charge in [0.25, 0.3) is 0 Å². The van der Waals surface area contributed by atoms with Gasteiger partial charge in [0.2, 0.25) is 0 Å². The smallest absolute Gasteiger partial charge is 0.411 e. The minimum atomic E-state index is -4.40. The summed E-state index contributed by atoms with van der Waals surface area (Å²) in [7, 11) is 2.85. The highest BCUT2D eigenvalue weighted by atomic mass is 79.9. The lowest BCUT2D eigenvalue weighted by molar-refractivity contribution is -0.173. The minimum Gasteiger partial charge on any atom is -0.495 e. The number of ether oxygens (including phenoxy) is 3. The second-order valence-electron chi connectivity index (χ2n) is 4.00. The van der Waals surface area contributed by atoms with Crippen molar-refractivity contribution in [1.82, 2.24) is 0 Å². The number of carbonyl (C=O) groups is 1. The molecule has 0 aliphatic heterocycles. The molecule has 0 bridgehead atoms. The Morgan fingerprint density at radius 3 is 2.43 bits per heavy atom. The standard InChI is InChI=1S/C13H14BrF3O4/c1-19-10-4-3-8(12(20-2)11(10)14)9(18)5-6-21-7-13(15,16)17/h3-4H,5-7H2,1-2H3. The molecule has 0 saturated carbocycles. The molecule has 1 aromatic rings. The summed E-state index contributed by atoms with van der Waals surface area (Å²) in [5.41, 5.74) is 0.251. The van der Waals surface area contributed by atoms with Crippen LogP contribution >= 0.6 is 15.9 Å². The molecule has 118 valence electrons. The summed E-state index contributed by atoms with van der Waals surface area (Å²) in [5, 5.41) is 0. The number of hydrogen-bond acceptors (Lipinski definition) is 4. The molecule has 0 heterocycles. The lowest BCUT2D eigenvalue weighted by atomic mass is 10.1. The molecule has 0 N–H and O–H groups in total. The van der Waals surface area contributed by atoms with Crippen molar-refractivity contribution >= 4 is 21.7 Å². The number of benzene rings is 1. The van der Waals surface area contributed by atoms with Crippen molar-refractivity contribution in [2.24, 2.45) is 0 Å². The van der Waals surface area contributed by atoms with E-state index in [1.165, 1.54) is 20.3 Å². The van der Waals surface area contributed by atoms with Gasteiger partial charge in [-0.15, -0.1) is 0 Å². The van der Waals surface area contributed by atoms with Gasteiger partial charge in [-0.25, -0.2) is 0 Å². The highest BCUT2D eigenvalue weighted by Crippen LogP contribution is 2.37. The zero-order chi connectivity index (χ0) is 16.0. The lowest BCUT2D eigenvalue weighted by Gasteiger charge is -2.13.